The molecule has 4 aliphatic rings. The predicted octanol–water partition coefficient (Wildman–Crippen LogP) is 5.90. The number of rotatable bonds is 7. The van der Waals surface area contributed by atoms with Crippen LogP contribution in [-0.2, 0) is 29.1 Å². The molecule has 0 radical (unpaired) electrons. The van der Waals surface area contributed by atoms with Gasteiger partial charge in [0.25, 0.3) is 5.91 Å². The van der Waals surface area contributed by atoms with Crippen LogP contribution in [0.2, 0.25) is 0 Å². The summed E-state index contributed by atoms with van der Waals surface area (Å²) < 4.78 is 68.4. The van der Waals surface area contributed by atoms with Crippen LogP contribution in [0.15, 0.2) is 54.6 Å². The van der Waals surface area contributed by atoms with Gasteiger partial charge in [-0.05, 0) is 81.9 Å². The van der Waals surface area contributed by atoms with E-state index in [-0.39, 0.29) is 18.8 Å². The number of halogens is 2. The molecule has 3 N–H and O–H groups in total. The van der Waals surface area contributed by atoms with E-state index < -0.39 is 92.6 Å². The first-order chi connectivity index (χ1) is 28.3. The molecule has 0 spiro atoms. The van der Waals surface area contributed by atoms with Crippen LogP contribution < -0.4 is 20.1 Å². The van der Waals surface area contributed by atoms with Crippen LogP contribution in [0, 0.1) is 11.3 Å². The SMILES string of the molecule is CC1(C)CCCC/C=C/c2ccc3nc(-c4ccccc4)c(nc3c2)O[C@@H]2C[C@@H](C(=O)N[C@@]3(C(=O)NS(=O)(=O)C4CC4)C[C@H]3C(F)F)N(C2)C(=O)[C@H](C(C)(C)C)NC(=O)O1. The third kappa shape index (κ3) is 9.40. The average molecular weight is 851 g/mol. The first-order valence-electron chi connectivity index (χ1n) is 20.4. The Bertz CT molecular complexity index is 2300. The molecule has 1 aromatic heterocycles. The molecular weight excluding hydrogens is 799 g/mol. The Balaban J connectivity index is 1.28. The van der Waals surface area contributed by atoms with Gasteiger partial charge in [0.2, 0.25) is 34.1 Å². The second kappa shape index (κ2) is 16.3. The van der Waals surface area contributed by atoms with Gasteiger partial charge in [0.05, 0.1) is 28.7 Å². The highest BCUT2D eigenvalue weighted by Crippen LogP contribution is 2.48. The quantitative estimate of drug-likeness (QED) is 0.259. The summed E-state index contributed by atoms with van der Waals surface area (Å²) in [5.41, 5.74) is -0.937. The van der Waals surface area contributed by atoms with E-state index in [4.69, 9.17) is 19.4 Å². The lowest BCUT2D eigenvalue weighted by Crippen LogP contribution is -2.60. The van der Waals surface area contributed by atoms with E-state index in [1.54, 1.807) is 34.6 Å². The molecule has 3 fully saturated rings. The molecule has 2 aliphatic heterocycles. The molecule has 2 aromatic carbocycles. The molecule has 1 saturated heterocycles. The van der Waals surface area contributed by atoms with Crippen LogP contribution in [-0.4, -0.2) is 94.6 Å². The molecule has 7 rings (SSSR count). The van der Waals surface area contributed by atoms with Crippen molar-refractivity contribution >= 4 is 50.9 Å². The Morgan fingerprint density at radius 1 is 1.02 bits per heavy atom. The minimum absolute atomic E-state index is 0.122. The van der Waals surface area contributed by atoms with Crippen molar-refractivity contribution in [1.82, 2.24) is 30.2 Å². The van der Waals surface area contributed by atoms with E-state index in [9.17, 15) is 36.4 Å². The molecule has 3 aromatic rings. The van der Waals surface area contributed by atoms with Crippen LogP contribution in [0.25, 0.3) is 28.4 Å². The number of benzene rings is 2. The lowest BCUT2D eigenvalue weighted by atomic mass is 9.85. The maximum absolute atomic E-state index is 14.8. The number of carbonyl (C=O) groups excluding carboxylic acids is 4. The molecule has 3 heterocycles. The van der Waals surface area contributed by atoms with E-state index in [2.05, 4.69) is 16.7 Å². The minimum atomic E-state index is -4.15. The maximum atomic E-state index is 14.8. The molecule has 5 bridgehead atoms. The van der Waals surface area contributed by atoms with Crippen LogP contribution >= 0.6 is 0 Å². The molecule has 4 amide bonds. The van der Waals surface area contributed by atoms with Gasteiger partial charge in [-0.15, -0.1) is 0 Å². The largest absolute Gasteiger partial charge is 0.471 e. The van der Waals surface area contributed by atoms with Crippen LogP contribution in [0.3, 0.4) is 0 Å². The third-order valence-electron chi connectivity index (χ3n) is 11.6. The molecule has 17 heteroatoms. The van der Waals surface area contributed by atoms with Crippen molar-refractivity contribution < 1.29 is 45.9 Å². The number of allylic oxidation sites excluding steroid dienone is 1. The molecule has 2 aliphatic carbocycles. The summed E-state index contributed by atoms with van der Waals surface area (Å²) in [7, 11) is -4.15. The van der Waals surface area contributed by atoms with Crippen molar-refractivity contribution in [1.29, 1.82) is 0 Å². The van der Waals surface area contributed by atoms with Gasteiger partial charge in [-0.2, -0.15) is 0 Å². The van der Waals surface area contributed by atoms with Crippen LogP contribution in [0.4, 0.5) is 13.6 Å². The molecule has 5 atom stereocenters. The highest BCUT2D eigenvalue weighted by atomic mass is 32.2. The summed E-state index contributed by atoms with van der Waals surface area (Å²) in [5.74, 6) is -4.46. The number of hydrogen-bond acceptors (Lipinski definition) is 10. The fourth-order valence-electron chi connectivity index (χ4n) is 7.89. The summed E-state index contributed by atoms with van der Waals surface area (Å²) in [6.45, 7) is 8.56. The van der Waals surface area contributed by atoms with Crippen molar-refractivity contribution in [3.05, 3.63) is 60.2 Å². The van der Waals surface area contributed by atoms with Crippen LogP contribution in [0.1, 0.15) is 91.5 Å². The van der Waals surface area contributed by atoms with Crippen molar-refractivity contribution in [3.8, 4) is 17.1 Å². The van der Waals surface area contributed by atoms with Crippen molar-refractivity contribution in [2.45, 2.75) is 127 Å². The number of alkyl halides is 2. The number of nitrogens with zero attached hydrogens (tertiary/aromatic N) is 3. The van der Waals surface area contributed by atoms with Gasteiger partial charge in [-0.25, -0.2) is 32.0 Å². The number of sulfonamides is 1. The molecule has 14 nitrogen and oxygen atoms in total. The second-order valence-electron chi connectivity index (χ2n) is 18.0. The minimum Gasteiger partial charge on any atom is -0.471 e. The zero-order chi connectivity index (χ0) is 43.2. The number of amides is 4. The zero-order valence-corrected chi connectivity index (χ0v) is 35.2. The summed E-state index contributed by atoms with van der Waals surface area (Å²) >= 11 is 0. The number of ether oxygens (including phenoxy) is 2. The number of carbonyl (C=O) groups is 4. The van der Waals surface area contributed by atoms with E-state index in [0.29, 0.717) is 41.6 Å². The Morgan fingerprint density at radius 2 is 1.75 bits per heavy atom. The fourth-order valence-corrected chi connectivity index (χ4v) is 9.26. The highest BCUT2D eigenvalue weighted by molar-refractivity contribution is 7.91. The predicted molar refractivity (Wildman–Crippen MR) is 219 cm³/mol. The number of hydrogen-bond donors (Lipinski definition) is 3. The molecule has 2 saturated carbocycles. The Labute approximate surface area is 348 Å². The highest BCUT2D eigenvalue weighted by Gasteiger charge is 2.67. The number of aromatic nitrogens is 2. The van der Waals surface area contributed by atoms with Crippen molar-refractivity contribution in [2.24, 2.45) is 11.3 Å². The first-order valence-corrected chi connectivity index (χ1v) is 22.0. The van der Waals surface area contributed by atoms with Crippen molar-refractivity contribution in [3.63, 3.8) is 0 Å². The summed E-state index contributed by atoms with van der Waals surface area (Å²) in [6, 6.07) is 12.3. The summed E-state index contributed by atoms with van der Waals surface area (Å²) in [4.78, 5) is 67.3. The fraction of sp³-hybridized carbons (Fsp3) is 0.535. The number of fused-ring (bicyclic) bond motifs is 4. The Morgan fingerprint density at radius 3 is 2.42 bits per heavy atom. The van der Waals surface area contributed by atoms with E-state index in [0.717, 1.165) is 24.8 Å². The van der Waals surface area contributed by atoms with Gasteiger partial charge in [-0.3, -0.25) is 19.1 Å². The van der Waals surface area contributed by atoms with Crippen LogP contribution in [0.5, 0.6) is 5.88 Å². The average Bonchev–Trinajstić information content (AvgIpc) is 4.11. The first kappa shape index (κ1) is 42.9. The zero-order valence-electron chi connectivity index (χ0n) is 34.4. The van der Waals surface area contributed by atoms with Gasteiger partial charge in [0, 0.05) is 12.0 Å². The summed E-state index contributed by atoms with van der Waals surface area (Å²) in [6.07, 6.45) is 2.10. The van der Waals surface area contributed by atoms with E-state index >= 15 is 0 Å². The number of cyclic esters (lactones) is 1. The van der Waals surface area contributed by atoms with E-state index in [1.165, 1.54) is 4.90 Å². The monoisotopic (exact) mass is 850 g/mol. The molecule has 60 heavy (non-hydrogen) atoms. The Hall–Kier alpha value is -5.19. The summed E-state index contributed by atoms with van der Waals surface area (Å²) in [5, 5.41) is 4.36. The lowest BCUT2D eigenvalue weighted by molar-refractivity contribution is -0.143. The maximum Gasteiger partial charge on any atom is 0.408 e. The normalized spacial score (nSPS) is 26.8. The topological polar surface area (TPSA) is 186 Å². The van der Waals surface area contributed by atoms with Crippen molar-refractivity contribution in [2.75, 3.05) is 6.54 Å². The molecule has 322 valence electrons. The standard InChI is InChI=1S/C43H52F2N6O8S/c1-41(2,3)34-38(53)51-24-27(22-32(51)36(52)49-43(23-29(43)35(44)45)39(54)50-60(56,57)28-17-18-28)58-37-33(26-14-10-8-11-15-26)46-30-19-16-25(21-31(30)47-37)13-9-6-7-12-20-42(4,5)59-40(55)48-34/h8-11,13-16,19,21,27-29,32,34-35H,6-7,12,17-18,20,22-24H2,1-5H3,(H,48,55)(H,49,52)(H,50,54)/b13-9+/t27-,29+,32+,34-,43+/m1/s1. The van der Waals surface area contributed by atoms with Gasteiger partial charge < -0.3 is 25.0 Å². The number of alkyl carbamates (subject to hydrolysis) is 1. The van der Waals surface area contributed by atoms with E-state index in [1.807, 2.05) is 59.3 Å². The lowest BCUT2D eigenvalue weighted by Gasteiger charge is -2.36. The smallest absolute Gasteiger partial charge is 0.408 e. The Kier molecular flexibility index (Phi) is 11.7. The third-order valence-corrected chi connectivity index (χ3v) is 13.4. The van der Waals surface area contributed by atoms with Gasteiger partial charge >= 0.3 is 6.09 Å². The number of nitrogens with one attached hydrogen (secondary N) is 3. The molecular formula is C43H52F2N6O8S. The molecule has 0 unspecified atom stereocenters. The second-order valence-corrected chi connectivity index (χ2v) is 20.0. The van der Waals surface area contributed by atoms with Gasteiger partial charge in [-0.1, -0.05) is 69.3 Å². The van der Waals surface area contributed by atoms with Gasteiger partial charge in [0.1, 0.15) is 35.0 Å². The van der Waals surface area contributed by atoms with Gasteiger partial charge in [0.15, 0.2) is 0 Å².